The molecule has 0 bridgehead atoms. The third kappa shape index (κ3) is 4.17. The second kappa shape index (κ2) is 7.63. The van der Waals surface area contributed by atoms with Gasteiger partial charge >= 0.3 is 0 Å². The van der Waals surface area contributed by atoms with Gasteiger partial charge in [-0.15, -0.1) is 0 Å². The smallest absolute Gasteiger partial charge is 0.261 e. The Morgan fingerprint density at radius 2 is 1.68 bits per heavy atom. The van der Waals surface area contributed by atoms with Crippen LogP contribution >= 0.6 is 0 Å². The number of sulfonamides is 1. The van der Waals surface area contributed by atoms with Crippen LogP contribution in [0.15, 0.2) is 47.4 Å². The first kappa shape index (κ1) is 19.9. The summed E-state index contributed by atoms with van der Waals surface area (Å²) in [4.78, 5) is 25.1. The summed E-state index contributed by atoms with van der Waals surface area (Å²) in [5.74, 6) is -0.327. The molecule has 1 heterocycles. The predicted molar refractivity (Wildman–Crippen MR) is 109 cm³/mol. The molecule has 0 unspecified atom stereocenters. The van der Waals surface area contributed by atoms with E-state index in [-0.39, 0.29) is 22.6 Å². The van der Waals surface area contributed by atoms with Gasteiger partial charge in [0, 0.05) is 36.4 Å². The number of carbonyl (C=O) groups excluding carboxylic acids is 2. The second-order valence-electron chi connectivity index (χ2n) is 7.04. The molecule has 148 valence electrons. The lowest BCUT2D eigenvalue weighted by Crippen LogP contribution is -2.25. The van der Waals surface area contributed by atoms with Gasteiger partial charge in [-0.25, -0.2) is 8.42 Å². The van der Waals surface area contributed by atoms with E-state index in [0.29, 0.717) is 24.3 Å². The number of fused-ring (bicyclic) bond motifs is 1. The Balaban J connectivity index is 1.75. The van der Waals surface area contributed by atoms with E-state index >= 15 is 0 Å². The maximum absolute atomic E-state index is 12.7. The number of nitrogens with one attached hydrogen (secondary N) is 2. The molecule has 28 heavy (non-hydrogen) atoms. The van der Waals surface area contributed by atoms with Crippen molar-refractivity contribution in [2.24, 2.45) is 5.92 Å². The van der Waals surface area contributed by atoms with Crippen molar-refractivity contribution in [3.8, 4) is 0 Å². The summed E-state index contributed by atoms with van der Waals surface area (Å²) in [6, 6.07) is 11.2. The molecule has 7 nitrogen and oxygen atoms in total. The van der Waals surface area contributed by atoms with Gasteiger partial charge in [-0.1, -0.05) is 13.8 Å². The third-order valence-electron chi connectivity index (χ3n) is 4.56. The Morgan fingerprint density at radius 3 is 2.29 bits per heavy atom. The SMILES string of the molecule is CC(=O)N1CCc2cc(NS(=O)(=O)c3ccc(NC(=O)C(C)C)cc3)ccc21. The molecule has 0 atom stereocenters. The van der Waals surface area contributed by atoms with Crippen LogP contribution in [-0.4, -0.2) is 26.8 Å². The Bertz CT molecular complexity index is 1010. The molecule has 3 rings (SSSR count). The quantitative estimate of drug-likeness (QED) is 0.805. The van der Waals surface area contributed by atoms with Gasteiger partial charge in [0.1, 0.15) is 0 Å². The molecule has 0 saturated heterocycles. The molecule has 8 heteroatoms. The van der Waals surface area contributed by atoms with Crippen LogP contribution in [0.5, 0.6) is 0 Å². The number of amides is 2. The molecule has 1 aliphatic rings. The largest absolute Gasteiger partial charge is 0.326 e. The first-order valence-electron chi connectivity index (χ1n) is 9.02. The molecule has 0 saturated carbocycles. The first-order chi connectivity index (χ1) is 13.2. The van der Waals surface area contributed by atoms with E-state index in [1.54, 1.807) is 49.1 Å². The molecule has 0 aliphatic carbocycles. The van der Waals surface area contributed by atoms with Gasteiger partial charge in [-0.3, -0.25) is 14.3 Å². The minimum absolute atomic E-state index is 0.0308. The molecule has 0 spiro atoms. The lowest BCUT2D eigenvalue weighted by Gasteiger charge is -2.15. The van der Waals surface area contributed by atoms with E-state index in [1.807, 2.05) is 0 Å². The van der Waals surface area contributed by atoms with Crippen LogP contribution < -0.4 is 14.9 Å². The van der Waals surface area contributed by atoms with Gasteiger partial charge in [-0.05, 0) is 54.4 Å². The van der Waals surface area contributed by atoms with Gasteiger partial charge in [0.2, 0.25) is 11.8 Å². The molecule has 0 radical (unpaired) electrons. The number of anilines is 3. The summed E-state index contributed by atoms with van der Waals surface area (Å²) in [5, 5.41) is 2.72. The highest BCUT2D eigenvalue weighted by molar-refractivity contribution is 7.92. The lowest BCUT2D eigenvalue weighted by molar-refractivity contribution is -0.119. The van der Waals surface area contributed by atoms with E-state index in [0.717, 1.165) is 11.3 Å². The number of hydrogen-bond donors (Lipinski definition) is 2. The van der Waals surface area contributed by atoms with Crippen molar-refractivity contribution in [3.63, 3.8) is 0 Å². The zero-order valence-corrected chi connectivity index (χ0v) is 16.8. The van der Waals surface area contributed by atoms with Gasteiger partial charge in [0.25, 0.3) is 10.0 Å². The summed E-state index contributed by atoms with van der Waals surface area (Å²) < 4.78 is 27.9. The van der Waals surface area contributed by atoms with Gasteiger partial charge in [0.05, 0.1) is 4.90 Å². The predicted octanol–water partition coefficient (Wildman–Crippen LogP) is 2.99. The fourth-order valence-corrected chi connectivity index (χ4v) is 4.06. The number of nitrogens with zero attached hydrogens (tertiary/aromatic N) is 1. The van der Waals surface area contributed by atoms with Gasteiger partial charge in [-0.2, -0.15) is 0 Å². The zero-order valence-electron chi connectivity index (χ0n) is 16.0. The number of hydrogen-bond acceptors (Lipinski definition) is 4. The number of benzene rings is 2. The molecular weight excluding hydrogens is 378 g/mol. The third-order valence-corrected chi connectivity index (χ3v) is 5.96. The van der Waals surface area contributed by atoms with Gasteiger partial charge < -0.3 is 10.2 Å². The van der Waals surface area contributed by atoms with Crippen molar-refractivity contribution in [2.75, 3.05) is 21.5 Å². The highest BCUT2D eigenvalue weighted by Crippen LogP contribution is 2.31. The molecule has 1 aliphatic heterocycles. The summed E-state index contributed by atoms with van der Waals surface area (Å²) >= 11 is 0. The molecule has 2 aromatic rings. The summed E-state index contributed by atoms with van der Waals surface area (Å²) in [5.41, 5.74) is 2.74. The average molecular weight is 401 g/mol. The standard InChI is InChI=1S/C20H23N3O4S/c1-13(2)20(25)21-16-4-7-18(8-5-16)28(26,27)22-17-6-9-19-15(12-17)10-11-23(19)14(3)24/h4-9,12-13,22H,10-11H2,1-3H3,(H,21,25). The number of carbonyl (C=O) groups is 2. The monoisotopic (exact) mass is 401 g/mol. The second-order valence-corrected chi connectivity index (χ2v) is 8.72. The molecular formula is C20H23N3O4S. The highest BCUT2D eigenvalue weighted by atomic mass is 32.2. The van der Waals surface area contributed by atoms with Crippen LogP contribution in [-0.2, 0) is 26.0 Å². The summed E-state index contributed by atoms with van der Waals surface area (Å²) in [7, 11) is -3.77. The Labute approximate surface area is 164 Å². The molecule has 2 amide bonds. The van der Waals surface area contributed by atoms with E-state index < -0.39 is 10.0 Å². The van der Waals surface area contributed by atoms with E-state index in [1.165, 1.54) is 19.1 Å². The van der Waals surface area contributed by atoms with E-state index in [4.69, 9.17) is 0 Å². The molecule has 2 N–H and O–H groups in total. The van der Waals surface area contributed by atoms with Crippen molar-refractivity contribution in [2.45, 2.75) is 32.1 Å². The van der Waals surface area contributed by atoms with Crippen LogP contribution in [0.25, 0.3) is 0 Å². The highest BCUT2D eigenvalue weighted by Gasteiger charge is 2.23. The van der Waals surface area contributed by atoms with Gasteiger partial charge in [0.15, 0.2) is 0 Å². The Kier molecular flexibility index (Phi) is 5.42. The fraction of sp³-hybridized carbons (Fsp3) is 0.300. The number of rotatable bonds is 5. The minimum Gasteiger partial charge on any atom is -0.326 e. The van der Waals surface area contributed by atoms with Crippen molar-refractivity contribution in [3.05, 3.63) is 48.0 Å². The summed E-state index contributed by atoms with van der Waals surface area (Å²) in [6.45, 7) is 5.68. The Morgan fingerprint density at radius 1 is 1.04 bits per heavy atom. The van der Waals surface area contributed by atoms with Crippen molar-refractivity contribution in [1.29, 1.82) is 0 Å². The van der Waals surface area contributed by atoms with E-state index in [2.05, 4.69) is 10.0 Å². The Hall–Kier alpha value is -2.87. The molecule has 2 aromatic carbocycles. The normalized spacial score (nSPS) is 13.4. The lowest BCUT2D eigenvalue weighted by atomic mass is 10.1. The maximum atomic E-state index is 12.7. The molecule has 0 aromatic heterocycles. The zero-order chi connectivity index (χ0) is 20.5. The fourth-order valence-electron chi connectivity index (χ4n) is 3.01. The maximum Gasteiger partial charge on any atom is 0.261 e. The van der Waals surface area contributed by atoms with Crippen molar-refractivity contribution in [1.82, 2.24) is 0 Å². The average Bonchev–Trinajstić information content (AvgIpc) is 3.05. The minimum atomic E-state index is -3.77. The van der Waals surface area contributed by atoms with Crippen LogP contribution in [0.4, 0.5) is 17.1 Å². The van der Waals surface area contributed by atoms with Crippen LogP contribution in [0.3, 0.4) is 0 Å². The summed E-state index contributed by atoms with van der Waals surface area (Å²) in [6.07, 6.45) is 0.689. The molecule has 0 fully saturated rings. The van der Waals surface area contributed by atoms with Crippen molar-refractivity contribution >= 4 is 38.9 Å². The van der Waals surface area contributed by atoms with Crippen LogP contribution in [0.2, 0.25) is 0 Å². The first-order valence-corrected chi connectivity index (χ1v) is 10.5. The van der Waals surface area contributed by atoms with Crippen molar-refractivity contribution < 1.29 is 18.0 Å². The van der Waals surface area contributed by atoms with Crippen LogP contribution in [0.1, 0.15) is 26.3 Å². The topological polar surface area (TPSA) is 95.6 Å². The van der Waals surface area contributed by atoms with Crippen LogP contribution in [0, 0.1) is 5.92 Å². The van der Waals surface area contributed by atoms with E-state index in [9.17, 15) is 18.0 Å².